The zero-order valence-electron chi connectivity index (χ0n) is 13.1. The summed E-state index contributed by atoms with van der Waals surface area (Å²) in [4.78, 5) is 4.36. The summed E-state index contributed by atoms with van der Waals surface area (Å²) < 4.78 is 52.5. The number of hydrogen-bond donors (Lipinski definition) is 2. The molecule has 0 saturated carbocycles. The van der Waals surface area contributed by atoms with Gasteiger partial charge in [-0.3, -0.25) is 0 Å². The summed E-state index contributed by atoms with van der Waals surface area (Å²) >= 11 is 1.51. The molecule has 1 heterocycles. The molecule has 0 atom stereocenters. The van der Waals surface area contributed by atoms with Crippen molar-refractivity contribution in [2.45, 2.75) is 18.2 Å². The highest BCUT2D eigenvalue weighted by Gasteiger charge is 2.15. The molecule has 10 heteroatoms. The molecule has 0 spiro atoms. The van der Waals surface area contributed by atoms with E-state index >= 15 is 0 Å². The summed E-state index contributed by atoms with van der Waals surface area (Å²) in [6.07, 6.45) is 0.499. The number of nitrogens with zero attached hydrogens (tertiary/aromatic N) is 1. The standard InChI is InChI=1S/C14H19N3O4S3/c1-12-17-13(11-22-12)7-8-15-23(18,19)10-9-16-24(20,21)14-5-3-2-4-6-14/h2-6,11,15-16H,7-10H2,1H3. The summed E-state index contributed by atoms with van der Waals surface area (Å²) in [7, 11) is -7.25. The molecule has 0 saturated heterocycles. The van der Waals surface area contributed by atoms with Crippen molar-refractivity contribution in [2.24, 2.45) is 0 Å². The minimum Gasteiger partial charge on any atom is -0.247 e. The lowest BCUT2D eigenvalue weighted by Crippen LogP contribution is -2.35. The zero-order valence-corrected chi connectivity index (χ0v) is 15.5. The lowest BCUT2D eigenvalue weighted by atomic mass is 10.3. The average Bonchev–Trinajstić information content (AvgIpc) is 2.93. The average molecular weight is 390 g/mol. The predicted octanol–water partition coefficient (Wildman–Crippen LogP) is 0.892. The zero-order chi connectivity index (χ0) is 17.6. The van der Waals surface area contributed by atoms with Crippen molar-refractivity contribution in [3.63, 3.8) is 0 Å². The topological polar surface area (TPSA) is 105 Å². The predicted molar refractivity (Wildman–Crippen MR) is 94.0 cm³/mol. The van der Waals surface area contributed by atoms with Gasteiger partial charge in [-0.1, -0.05) is 18.2 Å². The first kappa shape index (κ1) is 19.0. The van der Waals surface area contributed by atoms with E-state index in [4.69, 9.17) is 0 Å². The van der Waals surface area contributed by atoms with Crippen LogP contribution in [0.4, 0.5) is 0 Å². The van der Waals surface area contributed by atoms with Crippen LogP contribution in [0.15, 0.2) is 40.6 Å². The number of benzene rings is 1. The van der Waals surface area contributed by atoms with Crippen LogP contribution in [-0.4, -0.2) is 40.7 Å². The normalized spacial score (nSPS) is 12.4. The molecule has 2 rings (SSSR count). The van der Waals surface area contributed by atoms with Crippen molar-refractivity contribution in [1.82, 2.24) is 14.4 Å². The van der Waals surface area contributed by atoms with E-state index in [-0.39, 0.29) is 23.7 Å². The van der Waals surface area contributed by atoms with E-state index in [1.165, 1.54) is 23.5 Å². The number of rotatable bonds is 9. The fourth-order valence-corrected chi connectivity index (χ4v) is 4.68. The molecule has 0 amide bonds. The van der Waals surface area contributed by atoms with Gasteiger partial charge in [-0.15, -0.1) is 11.3 Å². The highest BCUT2D eigenvalue weighted by Crippen LogP contribution is 2.08. The maximum absolute atomic E-state index is 12.0. The van der Waals surface area contributed by atoms with E-state index in [0.29, 0.717) is 6.42 Å². The van der Waals surface area contributed by atoms with Gasteiger partial charge in [0.15, 0.2) is 0 Å². The second kappa shape index (κ2) is 8.17. The van der Waals surface area contributed by atoms with Gasteiger partial charge < -0.3 is 0 Å². The van der Waals surface area contributed by atoms with Gasteiger partial charge in [0.05, 0.1) is 21.3 Å². The third-order valence-corrected chi connectivity index (χ3v) is 6.77. The monoisotopic (exact) mass is 389 g/mol. The minimum absolute atomic E-state index is 0.106. The summed E-state index contributed by atoms with van der Waals surface area (Å²) in [5, 5.41) is 2.82. The minimum atomic E-state index is -3.69. The number of sulfonamides is 2. The lowest BCUT2D eigenvalue weighted by Gasteiger charge is -2.08. The van der Waals surface area contributed by atoms with Gasteiger partial charge in [0, 0.05) is 24.9 Å². The molecule has 0 aliphatic carbocycles. The van der Waals surface area contributed by atoms with Crippen LogP contribution in [0.2, 0.25) is 0 Å². The molecular weight excluding hydrogens is 370 g/mol. The van der Waals surface area contributed by atoms with E-state index in [2.05, 4.69) is 14.4 Å². The van der Waals surface area contributed by atoms with E-state index in [1.54, 1.807) is 18.2 Å². The quantitative estimate of drug-likeness (QED) is 0.663. The van der Waals surface area contributed by atoms with Gasteiger partial charge in [-0.25, -0.2) is 31.3 Å². The number of aryl methyl sites for hydroxylation is 1. The Balaban J connectivity index is 1.78. The first-order valence-electron chi connectivity index (χ1n) is 7.21. The third-order valence-electron chi connectivity index (χ3n) is 3.09. The largest absolute Gasteiger partial charge is 0.247 e. The van der Waals surface area contributed by atoms with Gasteiger partial charge in [-0.2, -0.15) is 0 Å². The van der Waals surface area contributed by atoms with Crippen LogP contribution >= 0.6 is 11.3 Å². The van der Waals surface area contributed by atoms with Crippen LogP contribution in [0.25, 0.3) is 0 Å². The molecular formula is C14H19N3O4S3. The Morgan fingerprint density at radius 2 is 1.75 bits per heavy atom. The summed E-state index contributed by atoms with van der Waals surface area (Å²) in [6, 6.07) is 7.81. The number of aromatic nitrogens is 1. The first-order chi connectivity index (χ1) is 11.3. The van der Waals surface area contributed by atoms with Crippen LogP contribution in [0.3, 0.4) is 0 Å². The number of nitrogens with one attached hydrogen (secondary N) is 2. The van der Waals surface area contributed by atoms with Crippen LogP contribution in [0.5, 0.6) is 0 Å². The van der Waals surface area contributed by atoms with Crippen molar-refractivity contribution < 1.29 is 16.8 Å². The molecule has 1 aromatic heterocycles. The van der Waals surface area contributed by atoms with Crippen LogP contribution in [0, 0.1) is 6.92 Å². The number of thiazole rings is 1. The highest BCUT2D eigenvalue weighted by atomic mass is 32.2. The smallest absolute Gasteiger partial charge is 0.240 e. The Morgan fingerprint density at radius 3 is 2.38 bits per heavy atom. The second-order valence-corrected chi connectivity index (χ2v) is 9.79. The Morgan fingerprint density at radius 1 is 1.04 bits per heavy atom. The van der Waals surface area contributed by atoms with Crippen molar-refractivity contribution in [1.29, 1.82) is 0 Å². The molecule has 2 N–H and O–H groups in total. The van der Waals surface area contributed by atoms with Crippen molar-refractivity contribution in [3.8, 4) is 0 Å². The molecule has 0 fully saturated rings. The lowest BCUT2D eigenvalue weighted by molar-refractivity contribution is 0.575. The molecule has 7 nitrogen and oxygen atoms in total. The Kier molecular flexibility index (Phi) is 6.47. The Bertz CT molecular complexity index is 862. The van der Waals surface area contributed by atoms with Crippen LogP contribution in [-0.2, 0) is 26.5 Å². The molecule has 1 aromatic carbocycles. The van der Waals surface area contributed by atoms with Crippen molar-refractivity contribution in [2.75, 3.05) is 18.8 Å². The molecule has 0 aliphatic rings. The van der Waals surface area contributed by atoms with Gasteiger partial charge in [0.1, 0.15) is 0 Å². The van der Waals surface area contributed by atoms with Crippen LogP contribution < -0.4 is 9.44 Å². The van der Waals surface area contributed by atoms with Gasteiger partial charge in [0.2, 0.25) is 20.0 Å². The van der Waals surface area contributed by atoms with Crippen molar-refractivity contribution >= 4 is 31.4 Å². The molecule has 0 unspecified atom stereocenters. The van der Waals surface area contributed by atoms with Crippen molar-refractivity contribution in [3.05, 3.63) is 46.4 Å². The fourth-order valence-electron chi connectivity index (χ4n) is 1.92. The summed E-state index contributed by atoms with van der Waals surface area (Å²) in [5.74, 6) is -0.324. The third kappa shape index (κ3) is 5.95. The summed E-state index contributed by atoms with van der Waals surface area (Å²) in [6.45, 7) is 1.93. The molecule has 24 heavy (non-hydrogen) atoms. The first-order valence-corrected chi connectivity index (χ1v) is 11.2. The maximum Gasteiger partial charge on any atom is 0.240 e. The number of hydrogen-bond acceptors (Lipinski definition) is 6. The fraction of sp³-hybridized carbons (Fsp3) is 0.357. The molecule has 0 bridgehead atoms. The molecule has 0 aliphatic heterocycles. The maximum atomic E-state index is 12.0. The van der Waals surface area contributed by atoms with E-state index in [0.717, 1.165) is 10.7 Å². The highest BCUT2D eigenvalue weighted by molar-refractivity contribution is 7.90. The van der Waals surface area contributed by atoms with E-state index in [9.17, 15) is 16.8 Å². The molecule has 132 valence electrons. The molecule has 2 aromatic rings. The van der Waals surface area contributed by atoms with Gasteiger partial charge in [-0.05, 0) is 19.1 Å². The Hall–Kier alpha value is -1.33. The van der Waals surface area contributed by atoms with Crippen LogP contribution in [0.1, 0.15) is 10.7 Å². The Labute approximate surface area is 146 Å². The molecule has 0 radical (unpaired) electrons. The summed E-state index contributed by atoms with van der Waals surface area (Å²) in [5.41, 5.74) is 0.838. The SMILES string of the molecule is Cc1nc(CCNS(=O)(=O)CCNS(=O)(=O)c2ccccc2)cs1. The van der Waals surface area contributed by atoms with E-state index in [1.807, 2.05) is 12.3 Å². The van der Waals surface area contributed by atoms with E-state index < -0.39 is 20.0 Å². The van der Waals surface area contributed by atoms with Gasteiger partial charge >= 0.3 is 0 Å². The second-order valence-electron chi connectivity index (χ2n) is 5.03. The van der Waals surface area contributed by atoms with Gasteiger partial charge in [0.25, 0.3) is 0 Å².